The number of piperidine rings is 1. The van der Waals surface area contributed by atoms with E-state index >= 15 is 0 Å². The summed E-state index contributed by atoms with van der Waals surface area (Å²) in [5.41, 5.74) is 5.09. The number of halogens is 2. The Labute approximate surface area is 248 Å². The number of nitrogens with zero attached hydrogens (tertiary/aromatic N) is 3. The van der Waals surface area contributed by atoms with Crippen molar-refractivity contribution in [3.8, 4) is 22.4 Å². The molecule has 3 atom stereocenters. The molecule has 2 bridgehead atoms. The number of ether oxygens (including phenoxy) is 1. The van der Waals surface area contributed by atoms with Crippen molar-refractivity contribution >= 4 is 34.9 Å². The van der Waals surface area contributed by atoms with E-state index in [-0.39, 0.29) is 24.2 Å². The molecule has 0 radical (unpaired) electrons. The van der Waals surface area contributed by atoms with Crippen molar-refractivity contribution in [2.24, 2.45) is 0 Å². The summed E-state index contributed by atoms with van der Waals surface area (Å²) >= 11 is 13.1. The lowest BCUT2D eigenvalue weighted by molar-refractivity contribution is -0.0158. The number of hydrogen-bond acceptors (Lipinski definition) is 5. The average Bonchev–Trinajstić information content (AvgIpc) is 3.68. The van der Waals surface area contributed by atoms with Gasteiger partial charge in [0, 0.05) is 52.8 Å². The molecule has 1 aliphatic carbocycles. The van der Waals surface area contributed by atoms with Crippen LogP contribution in [0.3, 0.4) is 0 Å². The van der Waals surface area contributed by atoms with Gasteiger partial charge in [0.05, 0.1) is 22.8 Å². The number of amides is 2. The molecule has 1 saturated carbocycles. The van der Waals surface area contributed by atoms with E-state index < -0.39 is 0 Å². The van der Waals surface area contributed by atoms with Gasteiger partial charge < -0.3 is 19.5 Å². The molecule has 3 aliphatic rings. The van der Waals surface area contributed by atoms with Crippen LogP contribution in [0.4, 0.5) is 10.5 Å². The van der Waals surface area contributed by atoms with Crippen LogP contribution in [0.2, 0.25) is 10.0 Å². The van der Waals surface area contributed by atoms with Crippen LogP contribution in [0.5, 0.6) is 0 Å². The lowest BCUT2D eigenvalue weighted by Gasteiger charge is -2.38. The molecule has 2 saturated heterocycles. The lowest BCUT2D eigenvalue weighted by Crippen LogP contribution is -2.50. The van der Waals surface area contributed by atoms with Gasteiger partial charge in [0.15, 0.2) is 0 Å². The van der Waals surface area contributed by atoms with Crippen LogP contribution >= 0.6 is 23.2 Å². The SMILES string of the molecule is O=C(Nc1cccc(-c2cccnc2)c1)N1C2CC[C@H]1CC(OCc1c(-c3c(Cl)cccc3Cl)noc1C1CC1)C2. The van der Waals surface area contributed by atoms with Crippen LogP contribution in [0, 0.1) is 0 Å². The minimum Gasteiger partial charge on any atom is -0.373 e. The van der Waals surface area contributed by atoms with Gasteiger partial charge in [-0.2, -0.15) is 0 Å². The van der Waals surface area contributed by atoms with Crippen LogP contribution in [-0.2, 0) is 11.3 Å². The van der Waals surface area contributed by atoms with E-state index in [4.69, 9.17) is 32.5 Å². The number of carbonyl (C=O) groups is 1. The second-order valence-corrected chi connectivity index (χ2v) is 12.0. The van der Waals surface area contributed by atoms with Crippen LogP contribution < -0.4 is 5.32 Å². The molecule has 4 heterocycles. The maximum atomic E-state index is 13.4. The molecule has 41 heavy (non-hydrogen) atoms. The number of anilines is 1. The van der Waals surface area contributed by atoms with Gasteiger partial charge in [0.2, 0.25) is 0 Å². The van der Waals surface area contributed by atoms with Crippen molar-refractivity contribution in [2.75, 3.05) is 5.32 Å². The third kappa shape index (κ3) is 5.34. The first kappa shape index (κ1) is 26.5. The molecule has 0 spiro atoms. The van der Waals surface area contributed by atoms with Gasteiger partial charge in [-0.15, -0.1) is 0 Å². The standard InChI is InChI=1S/C32H30Cl2N4O3/c33-27-7-2-8-28(34)29(27)30-26(31(41-37-30)19-9-10-19)18-40-25-15-23-11-12-24(16-25)38(23)32(39)36-22-6-1-4-20(14-22)21-5-3-13-35-17-21/h1-8,13-14,17,19,23-25H,9-12,15-16,18H2,(H,36,39)/t23-,24?,25?/m0/s1. The summed E-state index contributed by atoms with van der Waals surface area (Å²) in [6.07, 6.45) is 9.35. The molecule has 2 aliphatic heterocycles. The number of rotatable bonds is 7. The van der Waals surface area contributed by atoms with Gasteiger partial charge in [0.1, 0.15) is 11.5 Å². The molecule has 2 aromatic heterocycles. The van der Waals surface area contributed by atoms with Crippen molar-refractivity contribution in [1.29, 1.82) is 0 Å². The number of aromatic nitrogens is 2. The number of urea groups is 1. The van der Waals surface area contributed by atoms with E-state index in [1.165, 1.54) is 0 Å². The summed E-state index contributed by atoms with van der Waals surface area (Å²) in [6.45, 7) is 0.379. The zero-order valence-corrected chi connectivity index (χ0v) is 23.9. The van der Waals surface area contributed by atoms with Gasteiger partial charge >= 0.3 is 6.03 Å². The van der Waals surface area contributed by atoms with Gasteiger partial charge in [-0.1, -0.05) is 52.6 Å². The molecule has 2 aromatic carbocycles. The number of pyridine rings is 1. The second kappa shape index (κ2) is 11.1. The molecule has 9 heteroatoms. The smallest absolute Gasteiger partial charge is 0.322 e. The first-order valence-corrected chi connectivity index (χ1v) is 14.9. The maximum absolute atomic E-state index is 13.4. The molecular weight excluding hydrogens is 559 g/mol. The Morgan fingerprint density at radius 1 is 0.976 bits per heavy atom. The molecule has 210 valence electrons. The minimum absolute atomic E-state index is 0.0435. The maximum Gasteiger partial charge on any atom is 0.322 e. The average molecular weight is 590 g/mol. The first-order valence-electron chi connectivity index (χ1n) is 14.2. The predicted octanol–water partition coefficient (Wildman–Crippen LogP) is 8.33. The molecule has 7 rings (SSSR count). The fourth-order valence-corrected chi connectivity index (χ4v) is 6.92. The Kier molecular flexibility index (Phi) is 7.19. The Morgan fingerprint density at radius 3 is 2.41 bits per heavy atom. The third-order valence-electron chi connectivity index (χ3n) is 8.46. The Bertz CT molecular complexity index is 1540. The highest BCUT2D eigenvalue weighted by atomic mass is 35.5. The van der Waals surface area contributed by atoms with Crippen LogP contribution in [-0.4, -0.2) is 39.3 Å². The molecule has 1 N–H and O–H groups in total. The molecule has 3 fully saturated rings. The Balaban J connectivity index is 1.03. The van der Waals surface area contributed by atoms with Gasteiger partial charge in [0.25, 0.3) is 0 Å². The van der Waals surface area contributed by atoms with Crippen molar-refractivity contribution in [3.05, 3.63) is 88.4 Å². The Morgan fingerprint density at radius 2 is 1.71 bits per heavy atom. The summed E-state index contributed by atoms with van der Waals surface area (Å²) in [4.78, 5) is 19.7. The van der Waals surface area contributed by atoms with Crippen molar-refractivity contribution in [1.82, 2.24) is 15.0 Å². The summed E-state index contributed by atoms with van der Waals surface area (Å²) < 4.78 is 12.3. The minimum atomic E-state index is -0.0509. The van der Waals surface area contributed by atoms with E-state index in [0.29, 0.717) is 33.8 Å². The van der Waals surface area contributed by atoms with E-state index in [0.717, 1.165) is 66.7 Å². The summed E-state index contributed by atoms with van der Waals surface area (Å²) in [6, 6.07) is 17.5. The van der Waals surface area contributed by atoms with Gasteiger partial charge in [-0.25, -0.2) is 4.79 Å². The fraction of sp³-hybridized carbons (Fsp3) is 0.344. The fourth-order valence-electron chi connectivity index (χ4n) is 6.34. The van der Waals surface area contributed by atoms with E-state index in [9.17, 15) is 4.79 Å². The van der Waals surface area contributed by atoms with Crippen LogP contribution in [0.25, 0.3) is 22.4 Å². The second-order valence-electron chi connectivity index (χ2n) is 11.2. The zero-order valence-electron chi connectivity index (χ0n) is 22.4. The van der Waals surface area contributed by atoms with Crippen molar-refractivity contribution < 1.29 is 14.1 Å². The molecule has 2 unspecified atom stereocenters. The number of nitrogens with one attached hydrogen (secondary N) is 1. The molecular formula is C32H30Cl2N4O3. The van der Waals surface area contributed by atoms with E-state index in [1.54, 1.807) is 6.20 Å². The predicted molar refractivity (Wildman–Crippen MR) is 159 cm³/mol. The van der Waals surface area contributed by atoms with Crippen molar-refractivity contribution in [3.63, 3.8) is 0 Å². The van der Waals surface area contributed by atoms with Crippen LogP contribution in [0.15, 0.2) is 71.5 Å². The Hall–Kier alpha value is -3.39. The number of carbonyl (C=O) groups excluding carboxylic acids is 1. The highest BCUT2D eigenvalue weighted by molar-refractivity contribution is 6.39. The summed E-state index contributed by atoms with van der Waals surface area (Å²) in [5.74, 6) is 1.25. The first-order chi connectivity index (χ1) is 20.0. The summed E-state index contributed by atoms with van der Waals surface area (Å²) in [7, 11) is 0. The molecule has 2 amide bonds. The van der Waals surface area contributed by atoms with E-state index in [1.807, 2.05) is 65.7 Å². The highest BCUT2D eigenvalue weighted by Gasteiger charge is 2.44. The summed E-state index contributed by atoms with van der Waals surface area (Å²) in [5, 5.41) is 8.60. The molecule has 7 nitrogen and oxygen atoms in total. The third-order valence-corrected chi connectivity index (χ3v) is 9.09. The van der Waals surface area contributed by atoms with Gasteiger partial charge in [-0.3, -0.25) is 4.98 Å². The monoisotopic (exact) mass is 588 g/mol. The highest BCUT2D eigenvalue weighted by Crippen LogP contribution is 2.46. The quantitative estimate of drug-likeness (QED) is 0.234. The van der Waals surface area contributed by atoms with Crippen molar-refractivity contribution in [2.45, 2.75) is 69.2 Å². The molecule has 4 aromatic rings. The van der Waals surface area contributed by atoms with E-state index in [2.05, 4.69) is 15.5 Å². The zero-order chi connectivity index (χ0) is 27.9. The number of hydrogen-bond donors (Lipinski definition) is 1. The number of fused-ring (bicyclic) bond motifs is 2. The van der Waals surface area contributed by atoms with Gasteiger partial charge in [-0.05, 0) is 74.4 Å². The normalized spacial score (nSPS) is 21.7. The number of benzene rings is 2. The topological polar surface area (TPSA) is 80.5 Å². The largest absolute Gasteiger partial charge is 0.373 e. The lowest BCUT2D eigenvalue weighted by atomic mass is 9.99. The van der Waals surface area contributed by atoms with Crippen LogP contribution in [0.1, 0.15) is 55.8 Å².